The van der Waals surface area contributed by atoms with Gasteiger partial charge in [0, 0.05) is 43.4 Å². The van der Waals surface area contributed by atoms with Gasteiger partial charge in [0.25, 0.3) is 0 Å². The molecule has 2 aliphatic carbocycles. The number of nitrogen functional groups attached to an aromatic ring is 1. The van der Waals surface area contributed by atoms with E-state index >= 15 is 0 Å². The molecule has 7 nitrogen and oxygen atoms in total. The van der Waals surface area contributed by atoms with Gasteiger partial charge in [-0.05, 0) is 42.7 Å². The standard InChI is InChI=1S/C23H25F3N6O/c24-23(25,26)17-3-12(5-28-21(17)27)18-4-19(30-22(29-18)32-6-11-1-13(32)2-11)20-15-7-31(8-16(15)20)14-9-33-10-14/h3-5,11,13-16,20H,1-2,6-10H2,(H2,27,28). The molecule has 4 saturated heterocycles. The predicted octanol–water partition coefficient (Wildman–Crippen LogP) is 2.78. The number of alkyl halides is 3. The van der Waals surface area contributed by atoms with Crippen molar-refractivity contribution in [3.8, 4) is 11.3 Å². The van der Waals surface area contributed by atoms with Crippen LogP contribution in [0.5, 0.6) is 0 Å². The SMILES string of the molecule is Nc1ncc(-c2cc(C3C4CN(C5COC5)CC43)nc(N3CC4CC3C4)n2)cc1C(F)(F)F. The van der Waals surface area contributed by atoms with Crippen molar-refractivity contribution in [1.29, 1.82) is 0 Å². The van der Waals surface area contributed by atoms with Crippen molar-refractivity contribution in [3.05, 3.63) is 29.6 Å². The highest BCUT2D eigenvalue weighted by atomic mass is 19.4. The van der Waals surface area contributed by atoms with Crippen LogP contribution in [0.2, 0.25) is 0 Å². The molecule has 0 aromatic carbocycles. The van der Waals surface area contributed by atoms with Crippen molar-refractivity contribution in [2.24, 2.45) is 17.8 Å². The van der Waals surface area contributed by atoms with E-state index in [-0.39, 0.29) is 0 Å². The molecule has 2 bridgehead atoms. The Bertz CT molecular complexity index is 1100. The molecule has 2 aromatic rings. The Morgan fingerprint density at radius 2 is 1.76 bits per heavy atom. The number of anilines is 2. The monoisotopic (exact) mass is 458 g/mol. The lowest BCUT2D eigenvalue weighted by Gasteiger charge is -2.35. The number of nitrogens with two attached hydrogens (primary N) is 1. The molecule has 10 heteroatoms. The number of piperidine rings is 1. The highest BCUT2D eigenvalue weighted by molar-refractivity contribution is 5.64. The highest BCUT2D eigenvalue weighted by Crippen LogP contribution is 2.58. The molecule has 2 N–H and O–H groups in total. The lowest BCUT2D eigenvalue weighted by molar-refractivity contribution is -0.137. The topological polar surface area (TPSA) is 80.4 Å². The van der Waals surface area contributed by atoms with E-state index in [9.17, 15) is 13.2 Å². The van der Waals surface area contributed by atoms with E-state index in [0.29, 0.717) is 53.0 Å². The lowest BCUT2D eigenvalue weighted by Crippen LogP contribution is -2.48. The van der Waals surface area contributed by atoms with Crippen LogP contribution in [-0.2, 0) is 10.9 Å². The molecule has 2 saturated carbocycles. The number of hydrogen-bond acceptors (Lipinski definition) is 7. The summed E-state index contributed by atoms with van der Waals surface area (Å²) in [5.74, 6) is 2.24. The zero-order valence-corrected chi connectivity index (χ0v) is 18.0. The van der Waals surface area contributed by atoms with Gasteiger partial charge >= 0.3 is 6.18 Å². The molecule has 8 rings (SSSR count). The molecule has 4 aliphatic heterocycles. The van der Waals surface area contributed by atoms with Gasteiger partial charge in [0.15, 0.2) is 0 Å². The van der Waals surface area contributed by atoms with Gasteiger partial charge in [-0.25, -0.2) is 15.0 Å². The number of rotatable bonds is 4. The van der Waals surface area contributed by atoms with Crippen LogP contribution in [0.25, 0.3) is 11.3 Å². The second-order valence-corrected chi connectivity index (χ2v) is 10.3. The summed E-state index contributed by atoms with van der Waals surface area (Å²) in [5, 5.41) is 0. The van der Waals surface area contributed by atoms with Gasteiger partial charge in [0.05, 0.1) is 36.2 Å². The Balaban J connectivity index is 1.24. The van der Waals surface area contributed by atoms with Gasteiger partial charge in [-0.15, -0.1) is 0 Å². The molecule has 0 amide bonds. The molecule has 0 radical (unpaired) electrons. The predicted molar refractivity (Wildman–Crippen MR) is 114 cm³/mol. The molecule has 174 valence electrons. The number of halogens is 3. The van der Waals surface area contributed by atoms with E-state index in [1.165, 1.54) is 6.20 Å². The Hall–Kier alpha value is -2.46. The molecule has 6 fully saturated rings. The first-order valence-electron chi connectivity index (χ1n) is 11.7. The molecule has 2 aromatic heterocycles. The Labute approximate surface area is 189 Å². The van der Waals surface area contributed by atoms with Crippen molar-refractivity contribution in [2.45, 2.75) is 37.0 Å². The number of likely N-dealkylation sites (tertiary alicyclic amines) is 1. The third-order valence-corrected chi connectivity index (χ3v) is 8.32. The fraction of sp³-hybridized carbons (Fsp3) is 0.609. The van der Waals surface area contributed by atoms with E-state index in [1.807, 2.05) is 6.07 Å². The van der Waals surface area contributed by atoms with E-state index < -0.39 is 17.6 Å². The summed E-state index contributed by atoms with van der Waals surface area (Å²) in [6.45, 7) is 4.63. The third-order valence-electron chi connectivity index (χ3n) is 8.32. The van der Waals surface area contributed by atoms with Crippen molar-refractivity contribution < 1.29 is 17.9 Å². The zero-order chi connectivity index (χ0) is 22.5. The van der Waals surface area contributed by atoms with Gasteiger partial charge < -0.3 is 15.4 Å². The number of hydrogen-bond donors (Lipinski definition) is 1. The van der Waals surface area contributed by atoms with Gasteiger partial charge in [-0.2, -0.15) is 13.2 Å². The van der Waals surface area contributed by atoms with Crippen LogP contribution in [-0.4, -0.2) is 64.8 Å². The molecule has 6 aliphatic rings. The number of fused-ring (bicyclic) bond motifs is 2. The number of nitrogens with zero attached hydrogens (tertiary/aromatic N) is 5. The summed E-state index contributed by atoms with van der Waals surface area (Å²) in [6, 6.07) is 3.92. The minimum Gasteiger partial charge on any atom is -0.383 e. The smallest absolute Gasteiger partial charge is 0.383 e. The summed E-state index contributed by atoms with van der Waals surface area (Å²) in [7, 11) is 0. The van der Waals surface area contributed by atoms with Crippen LogP contribution in [0.1, 0.15) is 30.0 Å². The fourth-order valence-electron chi connectivity index (χ4n) is 6.25. The Morgan fingerprint density at radius 1 is 1.00 bits per heavy atom. The molecule has 6 heterocycles. The quantitative estimate of drug-likeness (QED) is 0.755. The Morgan fingerprint density at radius 3 is 2.36 bits per heavy atom. The van der Waals surface area contributed by atoms with E-state index in [1.54, 1.807) is 0 Å². The van der Waals surface area contributed by atoms with E-state index in [4.69, 9.17) is 20.4 Å². The molecule has 2 unspecified atom stereocenters. The number of aromatic nitrogens is 3. The first-order valence-corrected chi connectivity index (χ1v) is 11.7. The molecule has 2 atom stereocenters. The van der Waals surface area contributed by atoms with Crippen molar-refractivity contribution >= 4 is 11.8 Å². The highest BCUT2D eigenvalue weighted by Gasteiger charge is 2.58. The maximum absolute atomic E-state index is 13.5. The average Bonchev–Trinajstić information content (AvgIpc) is 3.11. The van der Waals surface area contributed by atoms with Crippen LogP contribution in [0.3, 0.4) is 0 Å². The molecular formula is C23H25F3N6O. The molecule has 0 spiro atoms. The summed E-state index contributed by atoms with van der Waals surface area (Å²) in [6.07, 6.45) is -0.879. The van der Waals surface area contributed by atoms with Crippen LogP contribution >= 0.6 is 0 Å². The maximum atomic E-state index is 13.5. The van der Waals surface area contributed by atoms with Crippen LogP contribution in [0, 0.1) is 17.8 Å². The van der Waals surface area contributed by atoms with Crippen LogP contribution in [0.15, 0.2) is 18.3 Å². The summed E-state index contributed by atoms with van der Waals surface area (Å²) < 4.78 is 45.7. The number of ether oxygens (including phenoxy) is 1. The van der Waals surface area contributed by atoms with Crippen molar-refractivity contribution in [1.82, 2.24) is 19.9 Å². The molecule has 33 heavy (non-hydrogen) atoms. The third kappa shape index (κ3) is 3.13. The van der Waals surface area contributed by atoms with Crippen LogP contribution in [0.4, 0.5) is 24.9 Å². The summed E-state index contributed by atoms with van der Waals surface area (Å²) in [4.78, 5) is 18.3. The minimum absolute atomic E-state index is 0.326. The first-order chi connectivity index (χ1) is 15.8. The van der Waals surface area contributed by atoms with Crippen molar-refractivity contribution in [2.75, 3.05) is 43.5 Å². The molecular weight excluding hydrogens is 433 g/mol. The van der Waals surface area contributed by atoms with Gasteiger partial charge in [0.2, 0.25) is 5.95 Å². The van der Waals surface area contributed by atoms with Crippen molar-refractivity contribution in [3.63, 3.8) is 0 Å². The fourth-order valence-corrected chi connectivity index (χ4v) is 6.25. The van der Waals surface area contributed by atoms with E-state index in [2.05, 4.69) is 14.8 Å². The second-order valence-electron chi connectivity index (χ2n) is 10.3. The average molecular weight is 458 g/mol. The number of pyridine rings is 1. The normalized spacial score (nSPS) is 33.1. The lowest BCUT2D eigenvalue weighted by atomic mass is 9.86. The van der Waals surface area contributed by atoms with E-state index in [0.717, 1.165) is 57.4 Å². The Kier molecular flexibility index (Phi) is 4.11. The minimum atomic E-state index is -4.57. The first kappa shape index (κ1) is 20.0. The largest absolute Gasteiger partial charge is 0.419 e. The summed E-state index contributed by atoms with van der Waals surface area (Å²) >= 11 is 0. The van der Waals surface area contributed by atoms with Gasteiger partial charge in [0.1, 0.15) is 5.82 Å². The zero-order valence-electron chi connectivity index (χ0n) is 18.0. The maximum Gasteiger partial charge on any atom is 0.419 e. The van der Waals surface area contributed by atoms with Gasteiger partial charge in [-0.1, -0.05) is 0 Å². The van der Waals surface area contributed by atoms with Gasteiger partial charge in [-0.3, -0.25) is 4.90 Å². The second kappa shape index (κ2) is 6.79. The van der Waals surface area contributed by atoms with Crippen LogP contribution < -0.4 is 10.6 Å². The summed E-state index contributed by atoms with van der Waals surface area (Å²) in [5.41, 5.74) is 6.37.